The van der Waals surface area contributed by atoms with Gasteiger partial charge in [-0.1, -0.05) is 32.4 Å². The lowest BCUT2D eigenvalue weighted by atomic mass is 9.68. The Labute approximate surface area is 272 Å². The molecule has 3 unspecified atom stereocenters. The first-order valence-electron chi connectivity index (χ1n) is 15.3. The summed E-state index contributed by atoms with van der Waals surface area (Å²) in [4.78, 5) is 94.6. The maximum absolute atomic E-state index is 14.2. The monoisotopic (exact) mass is 681 g/mol. The molecule has 48 heavy (non-hydrogen) atoms. The average Bonchev–Trinajstić information content (AvgIpc) is 3.88. The lowest BCUT2D eigenvalue weighted by Crippen LogP contribution is -2.61. The summed E-state index contributed by atoms with van der Waals surface area (Å²) in [5.74, 6) is -3.82. The van der Waals surface area contributed by atoms with Crippen LogP contribution in [0.3, 0.4) is 0 Å². The molecule has 0 amide bonds. The summed E-state index contributed by atoms with van der Waals surface area (Å²) in [6, 6.07) is 0. The first-order valence-corrected chi connectivity index (χ1v) is 15.3. The number of aliphatic hydroxyl groups is 3. The molecule has 0 bridgehead atoms. The van der Waals surface area contributed by atoms with Gasteiger partial charge in [0.25, 0.3) is 0 Å². The zero-order valence-corrected chi connectivity index (χ0v) is 26.6. The van der Waals surface area contributed by atoms with Gasteiger partial charge >= 0.3 is 35.0 Å². The molecule has 4 heterocycles. The van der Waals surface area contributed by atoms with E-state index in [2.05, 4.69) is 6.58 Å². The van der Waals surface area contributed by atoms with Gasteiger partial charge in [-0.3, -0.25) is 0 Å². The number of epoxide rings is 3. The van der Waals surface area contributed by atoms with E-state index in [4.69, 9.17) is 28.7 Å². The topological polar surface area (TPSA) is 243 Å². The van der Waals surface area contributed by atoms with Gasteiger partial charge in [-0.25, -0.2) is 28.8 Å². The maximum atomic E-state index is 14.2. The Bertz CT molecular complexity index is 1630. The van der Waals surface area contributed by atoms with E-state index in [9.17, 15) is 44.1 Å². The second kappa shape index (κ2) is 15.8. The fourth-order valence-electron chi connectivity index (χ4n) is 5.22. The maximum Gasteiger partial charge on any atom is 0.405 e. The average molecular weight is 682 g/mol. The van der Waals surface area contributed by atoms with E-state index in [1.165, 1.54) is 19.9 Å². The van der Waals surface area contributed by atoms with Crippen LogP contribution in [0, 0.1) is 5.41 Å². The standard InChI is InChI=1S/C30H39N3O15/c1-17(2)24(37)46-31-27(40)32(47-25(38)18(3)4-5-20-14-43-20)29(42)33(28(31)41)48-26(39)23(19(6-9-34)7-10-35)30(8-11-36,12-21-15-44-21)13-22-16-45-22/h4,20-22,34-36H,1,5-16H2,2-3H3/b18-4+. The van der Waals surface area contributed by atoms with E-state index in [0.717, 1.165) is 0 Å². The van der Waals surface area contributed by atoms with Gasteiger partial charge in [0.05, 0.1) is 38.1 Å². The lowest BCUT2D eigenvalue weighted by molar-refractivity contribution is -0.148. The predicted octanol–water partition coefficient (Wildman–Crippen LogP) is -2.64. The van der Waals surface area contributed by atoms with Crippen LogP contribution in [0.25, 0.3) is 0 Å². The largest absolute Gasteiger partial charge is 0.405 e. The van der Waals surface area contributed by atoms with E-state index in [-0.39, 0.29) is 86.9 Å². The van der Waals surface area contributed by atoms with Crippen LogP contribution in [-0.4, -0.2) is 105 Å². The first kappa shape index (κ1) is 36.6. The molecule has 3 atom stereocenters. The van der Waals surface area contributed by atoms with Gasteiger partial charge < -0.3 is 44.0 Å². The minimum atomic E-state index is -1.76. The summed E-state index contributed by atoms with van der Waals surface area (Å²) >= 11 is 0. The molecule has 0 radical (unpaired) electrons. The number of carbonyl (C=O) groups excluding carboxylic acids is 3. The third-order valence-corrected chi connectivity index (χ3v) is 7.87. The molecule has 18 heteroatoms. The van der Waals surface area contributed by atoms with Crippen molar-refractivity contribution in [3.05, 3.63) is 66.4 Å². The van der Waals surface area contributed by atoms with Crippen LogP contribution >= 0.6 is 0 Å². The van der Waals surface area contributed by atoms with Crippen molar-refractivity contribution in [2.75, 3.05) is 39.6 Å². The summed E-state index contributed by atoms with van der Waals surface area (Å²) in [7, 11) is 0. The molecule has 3 aliphatic heterocycles. The highest BCUT2D eigenvalue weighted by Gasteiger charge is 2.48. The molecule has 1 aromatic rings. The summed E-state index contributed by atoms with van der Waals surface area (Å²) in [5.41, 5.74) is -6.76. The Hall–Kier alpha value is -4.20. The highest BCUT2D eigenvalue weighted by atomic mass is 16.8. The fraction of sp³-hybridized carbons (Fsp3) is 0.600. The normalized spacial score (nSPS) is 20.7. The van der Waals surface area contributed by atoms with Gasteiger partial charge in [-0.2, -0.15) is 0 Å². The number of rotatable bonds is 19. The Morgan fingerprint density at radius 1 is 0.771 bits per heavy atom. The predicted molar refractivity (Wildman–Crippen MR) is 160 cm³/mol. The molecule has 4 rings (SSSR count). The zero-order valence-electron chi connectivity index (χ0n) is 26.6. The first-order chi connectivity index (χ1) is 22.8. The zero-order chi connectivity index (χ0) is 35.2. The van der Waals surface area contributed by atoms with Crippen molar-refractivity contribution in [1.82, 2.24) is 14.2 Å². The van der Waals surface area contributed by atoms with Crippen LogP contribution in [0.15, 0.2) is 49.3 Å². The fourth-order valence-corrected chi connectivity index (χ4v) is 5.22. The third kappa shape index (κ3) is 9.03. The number of carbonyl (C=O) groups is 3. The van der Waals surface area contributed by atoms with Crippen molar-refractivity contribution in [2.45, 2.75) is 70.7 Å². The molecular weight excluding hydrogens is 642 g/mol. The summed E-state index contributed by atoms with van der Waals surface area (Å²) in [6.45, 7) is 5.74. The van der Waals surface area contributed by atoms with E-state index in [1.54, 1.807) is 0 Å². The Kier molecular flexibility index (Phi) is 12.1. The van der Waals surface area contributed by atoms with Crippen LogP contribution in [-0.2, 0) is 28.6 Å². The van der Waals surface area contributed by atoms with Crippen molar-refractivity contribution in [3.8, 4) is 0 Å². The molecule has 3 fully saturated rings. The molecule has 3 N–H and O–H groups in total. The van der Waals surface area contributed by atoms with Gasteiger partial charge in [-0.15, -0.1) is 0 Å². The summed E-state index contributed by atoms with van der Waals surface area (Å²) in [5, 5.41) is 29.9. The number of hydrogen-bond donors (Lipinski definition) is 3. The molecule has 18 nitrogen and oxygen atoms in total. The van der Waals surface area contributed by atoms with Crippen LogP contribution in [0.1, 0.15) is 52.4 Å². The van der Waals surface area contributed by atoms with Crippen LogP contribution < -0.4 is 31.6 Å². The van der Waals surface area contributed by atoms with Crippen molar-refractivity contribution < 1.29 is 58.4 Å². The number of nitrogens with zero attached hydrogens (tertiary/aromatic N) is 3. The second-order valence-electron chi connectivity index (χ2n) is 11.7. The number of aliphatic hydroxyl groups excluding tert-OH is 3. The van der Waals surface area contributed by atoms with Crippen LogP contribution in [0.4, 0.5) is 0 Å². The molecule has 0 spiro atoms. The second-order valence-corrected chi connectivity index (χ2v) is 11.7. The molecule has 0 aromatic carbocycles. The van der Waals surface area contributed by atoms with Gasteiger partial charge in [0.15, 0.2) is 0 Å². The molecule has 0 aliphatic carbocycles. The van der Waals surface area contributed by atoms with E-state index >= 15 is 0 Å². The molecule has 1 aromatic heterocycles. The van der Waals surface area contributed by atoms with E-state index in [1.807, 2.05) is 0 Å². The Morgan fingerprint density at radius 3 is 1.60 bits per heavy atom. The van der Waals surface area contributed by atoms with Crippen molar-refractivity contribution in [2.24, 2.45) is 5.41 Å². The Morgan fingerprint density at radius 2 is 1.21 bits per heavy atom. The quantitative estimate of drug-likeness (QED) is 0.0998. The molecule has 264 valence electrons. The van der Waals surface area contributed by atoms with Gasteiger partial charge in [0, 0.05) is 42.0 Å². The number of aromatic nitrogens is 3. The third-order valence-electron chi connectivity index (χ3n) is 7.87. The highest BCUT2D eigenvalue weighted by Crippen LogP contribution is 2.48. The van der Waals surface area contributed by atoms with E-state index in [0.29, 0.717) is 26.2 Å². The van der Waals surface area contributed by atoms with Crippen molar-refractivity contribution >= 4 is 17.9 Å². The summed E-state index contributed by atoms with van der Waals surface area (Å²) in [6.07, 6.45) is 1.04. The minimum absolute atomic E-state index is 0.0402. The SMILES string of the molecule is C=C(C)C(=O)On1c(=O)n(OC(=O)C(=C(CCO)CCO)C(CCO)(CC2CO2)CC2CO2)c(=O)n(OC(=O)/C(C)=C/CC2CO2)c1=O. The van der Waals surface area contributed by atoms with Crippen molar-refractivity contribution in [3.63, 3.8) is 0 Å². The van der Waals surface area contributed by atoms with Crippen LogP contribution in [0.5, 0.6) is 0 Å². The molecule has 3 aliphatic rings. The lowest BCUT2D eigenvalue weighted by Gasteiger charge is -2.36. The smallest absolute Gasteiger partial charge is 0.396 e. The molecular formula is C30H39N3O15. The van der Waals surface area contributed by atoms with Crippen molar-refractivity contribution in [1.29, 1.82) is 0 Å². The van der Waals surface area contributed by atoms with Crippen LogP contribution in [0.2, 0.25) is 0 Å². The summed E-state index contributed by atoms with van der Waals surface area (Å²) < 4.78 is 15.2. The van der Waals surface area contributed by atoms with Gasteiger partial charge in [0.1, 0.15) is 0 Å². The van der Waals surface area contributed by atoms with Gasteiger partial charge in [0.2, 0.25) is 0 Å². The number of ether oxygens (including phenoxy) is 3. The molecule has 3 saturated heterocycles. The van der Waals surface area contributed by atoms with Gasteiger partial charge in [-0.05, 0) is 52.4 Å². The number of hydrogen-bond acceptors (Lipinski definition) is 15. The molecule has 0 saturated carbocycles. The Balaban J connectivity index is 1.85. The minimum Gasteiger partial charge on any atom is -0.396 e. The van der Waals surface area contributed by atoms with E-state index < -0.39 is 60.2 Å². The highest BCUT2D eigenvalue weighted by molar-refractivity contribution is 5.91.